The minimum absolute atomic E-state index is 0.0214. The Labute approximate surface area is 633 Å². The molecule has 7 aliphatic rings. The van der Waals surface area contributed by atoms with Gasteiger partial charge in [0.25, 0.3) is 0 Å². The van der Waals surface area contributed by atoms with Crippen LogP contribution in [-0.2, 0) is 62.3 Å². The number of hydrogen-bond donors (Lipinski definition) is 3. The van der Waals surface area contributed by atoms with E-state index in [1.165, 1.54) is 80.9 Å². The van der Waals surface area contributed by atoms with E-state index >= 15 is 37.5 Å². The van der Waals surface area contributed by atoms with E-state index in [2.05, 4.69) is 16.0 Å². The van der Waals surface area contributed by atoms with Crippen molar-refractivity contribution >= 4 is 82.5 Å². The van der Waals surface area contributed by atoms with Crippen LogP contribution in [0.1, 0.15) is 183 Å². The van der Waals surface area contributed by atoms with Crippen LogP contribution in [0, 0.1) is 40.9 Å². The van der Waals surface area contributed by atoms with Crippen LogP contribution < -0.4 is 16.0 Å². The first-order valence-electron chi connectivity index (χ1n) is 38.6. The summed E-state index contributed by atoms with van der Waals surface area (Å²) in [6.07, 6.45) is -3.96. The highest BCUT2D eigenvalue weighted by Gasteiger charge is 2.59. The number of carbonyl (C=O) groups is 12. The molecule has 0 aromatic carbocycles. The van der Waals surface area contributed by atoms with Gasteiger partial charge >= 0.3 is 6.18 Å². The summed E-state index contributed by atoms with van der Waals surface area (Å²) in [6.45, 7) is 11.2. The molecule has 12 atom stereocenters. The zero-order valence-corrected chi connectivity index (χ0v) is 66.3. The first-order chi connectivity index (χ1) is 50.1. The lowest BCUT2D eigenvalue weighted by atomic mass is 9.58. The molecule has 0 aromatic heterocycles. The third-order valence-electron chi connectivity index (χ3n) is 23.8. The van der Waals surface area contributed by atoms with E-state index in [1.54, 1.807) is 32.9 Å². The maximum atomic E-state index is 15.8. The zero-order valence-electron chi connectivity index (χ0n) is 65.5. The average Bonchev–Trinajstić information content (AvgIpc) is 1.24. The molecule has 4 saturated carbocycles. The van der Waals surface area contributed by atoms with Crippen LogP contribution in [0.3, 0.4) is 0 Å². The van der Waals surface area contributed by atoms with E-state index in [4.69, 9.17) is 16.3 Å². The number of halogens is 6. The summed E-state index contributed by atoms with van der Waals surface area (Å²) < 4.78 is 79.2. The first-order valence-corrected chi connectivity index (χ1v) is 39.0. The smallest absolute Gasteiger partial charge is 0.377 e. The molecule has 0 radical (unpaired) electrons. The van der Waals surface area contributed by atoms with Crippen LogP contribution >= 0.6 is 11.6 Å². The zero-order chi connectivity index (χ0) is 79.6. The van der Waals surface area contributed by atoms with Gasteiger partial charge in [0.2, 0.25) is 70.9 Å². The van der Waals surface area contributed by atoms with Crippen molar-refractivity contribution in [1.82, 2.24) is 60.0 Å². The van der Waals surface area contributed by atoms with Gasteiger partial charge in [0.05, 0.1) is 36.9 Å². The SMILES string of the molecule is CCO[C@@H]1C[C@H]2C(=O)NC3(CC(C)(C)C3)C(=O)N(C)[C@@H](C3CCCC3)C(=O)N(C)[C@H](C(=O)N(C)C)CC(=O)N(C)[C@@H](CC(C)C)C(=O)N[C@@H]([C@@H](C)CC)C(=O)N(C)CC(=O)N(C)[C@H]3C/C=C\CCN(C3=O)[C@@H](CC3CCC(C(F)(F)F)CC3)C(=O)N(C)CC(=O)N[C@@H](CCC3CC(F)C(Cl)C(F)C3)C(=O)N2C1. The molecule has 604 valence electrons. The highest BCUT2D eigenvalue weighted by Crippen LogP contribution is 2.50. The molecule has 31 heteroatoms. The maximum absolute atomic E-state index is 15.8. The van der Waals surface area contributed by atoms with Crippen molar-refractivity contribution in [3.8, 4) is 0 Å². The van der Waals surface area contributed by atoms with Crippen LogP contribution in [-0.4, -0.2) is 288 Å². The lowest BCUT2D eigenvalue weighted by Gasteiger charge is -2.54. The van der Waals surface area contributed by atoms with Crippen molar-refractivity contribution in [3.63, 3.8) is 0 Å². The van der Waals surface area contributed by atoms with Crippen LogP contribution in [0.4, 0.5) is 22.0 Å². The van der Waals surface area contributed by atoms with E-state index in [0.717, 1.165) is 19.6 Å². The third kappa shape index (κ3) is 21.5. The summed E-state index contributed by atoms with van der Waals surface area (Å²) >= 11 is 6.11. The molecular weight excluding hydrogens is 1420 g/mol. The Morgan fingerprint density at radius 3 is 1.87 bits per heavy atom. The van der Waals surface area contributed by atoms with Crippen LogP contribution in [0.5, 0.6) is 0 Å². The third-order valence-corrected chi connectivity index (χ3v) is 24.3. The monoisotopic (exact) mass is 1540 g/mol. The summed E-state index contributed by atoms with van der Waals surface area (Å²) in [6, 6.07) is -10.9. The Hall–Kier alpha value is -6.72. The number of hydrogen-bond acceptors (Lipinski definition) is 13. The molecule has 6 fully saturated rings. The number of fused-ring (bicyclic) bond motifs is 3. The lowest BCUT2D eigenvalue weighted by Crippen LogP contribution is -2.71. The van der Waals surface area contributed by atoms with E-state index in [-0.39, 0.29) is 122 Å². The van der Waals surface area contributed by atoms with Crippen molar-refractivity contribution in [2.24, 2.45) is 40.9 Å². The van der Waals surface area contributed by atoms with E-state index in [9.17, 15) is 41.9 Å². The van der Waals surface area contributed by atoms with Crippen LogP contribution in [0.25, 0.3) is 0 Å². The largest absolute Gasteiger partial charge is 0.391 e. The molecule has 0 aromatic rings. The molecule has 12 amide bonds. The van der Waals surface area contributed by atoms with Gasteiger partial charge in [-0.25, -0.2) is 8.78 Å². The molecule has 7 rings (SSSR count). The van der Waals surface area contributed by atoms with Gasteiger partial charge in [0.15, 0.2) is 0 Å². The minimum Gasteiger partial charge on any atom is -0.377 e. The van der Waals surface area contributed by atoms with Gasteiger partial charge in [-0.1, -0.05) is 73.0 Å². The first kappa shape index (κ1) is 87.5. The molecule has 25 nitrogen and oxygen atoms in total. The summed E-state index contributed by atoms with van der Waals surface area (Å²) in [5, 5.41) is 7.28. The Morgan fingerprint density at radius 1 is 0.682 bits per heavy atom. The van der Waals surface area contributed by atoms with Crippen molar-refractivity contribution in [2.45, 2.75) is 267 Å². The second-order valence-electron chi connectivity index (χ2n) is 33.2. The second-order valence-corrected chi connectivity index (χ2v) is 33.7. The highest BCUT2D eigenvalue weighted by atomic mass is 35.5. The van der Waals surface area contributed by atoms with Gasteiger partial charge in [-0.15, -0.1) is 11.6 Å². The molecule has 2 bridgehead atoms. The van der Waals surface area contributed by atoms with Crippen molar-refractivity contribution in [2.75, 3.05) is 89.2 Å². The average molecular weight is 1540 g/mol. The number of carbonyl (C=O) groups excluding carboxylic acids is 12. The van der Waals surface area contributed by atoms with Gasteiger partial charge in [-0.3, -0.25) is 57.5 Å². The summed E-state index contributed by atoms with van der Waals surface area (Å²) in [4.78, 5) is 193. The molecule has 3 N–H and O–H groups in total. The highest BCUT2D eigenvalue weighted by molar-refractivity contribution is 6.21. The summed E-state index contributed by atoms with van der Waals surface area (Å²) in [5.41, 5.74) is -2.24. The fraction of sp³-hybridized carbons (Fsp3) is 0.816. The van der Waals surface area contributed by atoms with E-state index in [1.807, 2.05) is 27.7 Å². The fourth-order valence-electron chi connectivity index (χ4n) is 17.5. The number of amides is 12. The van der Waals surface area contributed by atoms with E-state index in [0.29, 0.717) is 32.1 Å². The van der Waals surface area contributed by atoms with Gasteiger partial charge in [-0.2, -0.15) is 13.2 Å². The molecule has 2 saturated heterocycles. The summed E-state index contributed by atoms with van der Waals surface area (Å²) in [7, 11) is 11.2. The normalized spacial score (nSPS) is 32.5. The molecule has 3 heterocycles. The van der Waals surface area contributed by atoms with Crippen LogP contribution in [0.2, 0.25) is 0 Å². The number of nitrogens with one attached hydrogen (secondary N) is 3. The number of ether oxygens (including phenoxy) is 1. The van der Waals surface area contributed by atoms with E-state index < -0.39 is 209 Å². The standard InChI is InChI=1S/C76H120ClF5N12O13/c1-16-45(5)63-71(104)88(11)41-61(97)89(12)54-25-19-18-22-32-93(70(54)103)58(36-46-26-29-49(30-27-46)76(80,81)82)69(102)87(10)40-59(95)83-53(31-28-47-34-51(78)62(77)52(79)35-47)67(100)94-39-50(107-17-2)37-56(94)66(99)85-75(42-74(6,7)43-75)73(106)92(15)64(48-23-20-21-24-48)72(105)91(14)57(68(101)86(8)9)38-60(96)90(13)55(33-44(3)4)65(98)84-63/h18-19,44-58,62-64H,16-17,20-43H2,1-15H3,(H,83,95)(H,84,98)(H,85,99)/b19-18-/t45-,46?,47?,49?,50+,51?,52?,53-,54-,55-,56-,57-,58-,62?,63-,64-/m0/s1. The Bertz CT molecular complexity index is 3210. The Morgan fingerprint density at radius 2 is 1.30 bits per heavy atom. The molecule has 3 aliphatic heterocycles. The molecular formula is C76H120ClF5N12O13. The molecule has 1 spiro atoms. The van der Waals surface area contributed by atoms with Gasteiger partial charge in [-0.05, 0) is 145 Å². The van der Waals surface area contributed by atoms with Gasteiger partial charge < -0.3 is 64.8 Å². The quantitative estimate of drug-likeness (QED) is 0.102. The van der Waals surface area contributed by atoms with Crippen molar-refractivity contribution in [1.29, 1.82) is 0 Å². The predicted molar refractivity (Wildman–Crippen MR) is 390 cm³/mol. The number of rotatable bonds is 13. The van der Waals surface area contributed by atoms with Gasteiger partial charge in [0, 0.05) is 82.5 Å². The molecule has 107 heavy (non-hydrogen) atoms. The lowest BCUT2D eigenvalue weighted by molar-refractivity contribution is -0.184. The second kappa shape index (κ2) is 37.3. The number of nitrogens with zero attached hydrogens (tertiary/aromatic N) is 9. The topological polar surface area (TPSA) is 279 Å². The van der Waals surface area contributed by atoms with Gasteiger partial charge in [0.1, 0.15) is 66.2 Å². The number of likely N-dealkylation sites (N-methyl/N-ethyl adjacent to an activating group) is 7. The van der Waals surface area contributed by atoms with Crippen molar-refractivity contribution in [3.05, 3.63) is 12.2 Å². The Balaban J connectivity index is 1.34. The fourth-order valence-corrected chi connectivity index (χ4v) is 17.7. The maximum Gasteiger partial charge on any atom is 0.391 e. The summed E-state index contributed by atoms with van der Waals surface area (Å²) in [5.74, 6) is -12.8. The molecule has 4 aliphatic carbocycles. The van der Waals surface area contributed by atoms with Crippen molar-refractivity contribution < 1.29 is 84.2 Å². The Kier molecular flexibility index (Phi) is 30.5. The number of alkyl halides is 6. The minimum atomic E-state index is -4.47. The predicted octanol–water partition coefficient (Wildman–Crippen LogP) is 6.42. The molecule has 2 unspecified atom stereocenters. The van der Waals surface area contributed by atoms with Crippen LogP contribution in [0.15, 0.2) is 12.2 Å².